The van der Waals surface area contributed by atoms with Gasteiger partial charge < -0.3 is 11.1 Å². The van der Waals surface area contributed by atoms with Crippen LogP contribution in [0.1, 0.15) is 64.6 Å². The van der Waals surface area contributed by atoms with Gasteiger partial charge in [0.15, 0.2) is 0 Å². The van der Waals surface area contributed by atoms with Crippen LogP contribution < -0.4 is 11.1 Å². The lowest BCUT2D eigenvalue weighted by Crippen LogP contribution is -2.36. The van der Waals surface area contributed by atoms with E-state index >= 15 is 0 Å². The zero-order valence-electron chi connectivity index (χ0n) is 14.1. The fourth-order valence-electron chi connectivity index (χ4n) is 2.28. The molecule has 0 heterocycles. The molecule has 0 aliphatic rings. The Morgan fingerprint density at radius 3 is 2.24 bits per heavy atom. The summed E-state index contributed by atoms with van der Waals surface area (Å²) in [7, 11) is 0. The van der Waals surface area contributed by atoms with Gasteiger partial charge in [0.05, 0.1) is 6.04 Å². The Bertz CT molecular complexity index is 443. The number of nitrogens with two attached hydrogens (primary N) is 1. The molecule has 0 aliphatic heterocycles. The van der Waals surface area contributed by atoms with E-state index < -0.39 is 0 Å². The minimum Gasteiger partial charge on any atom is -0.349 e. The number of rotatable bonds is 7. The van der Waals surface area contributed by atoms with Crippen molar-refractivity contribution in [1.29, 1.82) is 0 Å². The zero-order valence-corrected chi connectivity index (χ0v) is 14.1. The van der Waals surface area contributed by atoms with Crippen molar-refractivity contribution in [2.75, 3.05) is 0 Å². The van der Waals surface area contributed by atoms with Gasteiger partial charge in [-0.1, -0.05) is 45.0 Å². The molecule has 3 N–H and O–H groups in total. The maximum absolute atomic E-state index is 12.1. The Balaban J connectivity index is 2.71. The van der Waals surface area contributed by atoms with Crippen LogP contribution in [0.15, 0.2) is 24.3 Å². The van der Waals surface area contributed by atoms with Crippen LogP contribution in [0, 0.1) is 5.92 Å². The molecule has 1 rings (SSSR count). The van der Waals surface area contributed by atoms with Crippen molar-refractivity contribution < 1.29 is 4.79 Å². The van der Waals surface area contributed by atoms with Gasteiger partial charge in [0, 0.05) is 12.0 Å². The maximum Gasteiger partial charge on any atom is 0.220 e. The Morgan fingerprint density at radius 1 is 1.24 bits per heavy atom. The SMILES string of the molecule is CCc1ccc(C(NC(=O)CCC(C)(C)N)C(C)C)cc1. The van der Waals surface area contributed by atoms with Gasteiger partial charge in [-0.15, -0.1) is 0 Å². The monoisotopic (exact) mass is 290 g/mol. The predicted molar refractivity (Wildman–Crippen MR) is 89.0 cm³/mol. The third-order valence-corrected chi connectivity index (χ3v) is 3.73. The Hall–Kier alpha value is -1.35. The van der Waals surface area contributed by atoms with Crippen LogP contribution in [0.2, 0.25) is 0 Å². The highest BCUT2D eigenvalue weighted by molar-refractivity contribution is 5.76. The first-order valence-electron chi connectivity index (χ1n) is 7.90. The molecule has 1 aromatic carbocycles. The number of hydrogen-bond acceptors (Lipinski definition) is 2. The lowest BCUT2D eigenvalue weighted by molar-refractivity contribution is -0.122. The van der Waals surface area contributed by atoms with Gasteiger partial charge in [0.2, 0.25) is 5.91 Å². The summed E-state index contributed by atoms with van der Waals surface area (Å²) in [5, 5.41) is 3.15. The zero-order chi connectivity index (χ0) is 16.0. The van der Waals surface area contributed by atoms with Crippen LogP contribution in [0.4, 0.5) is 0 Å². The quantitative estimate of drug-likeness (QED) is 0.806. The number of carbonyl (C=O) groups is 1. The van der Waals surface area contributed by atoms with E-state index in [2.05, 4.69) is 50.4 Å². The molecule has 21 heavy (non-hydrogen) atoms. The van der Waals surface area contributed by atoms with Crippen molar-refractivity contribution in [1.82, 2.24) is 5.32 Å². The molecule has 1 amide bonds. The molecule has 118 valence electrons. The largest absolute Gasteiger partial charge is 0.349 e. The minimum absolute atomic E-state index is 0.0595. The summed E-state index contributed by atoms with van der Waals surface area (Å²) >= 11 is 0. The van der Waals surface area contributed by atoms with Crippen LogP contribution in [-0.4, -0.2) is 11.4 Å². The summed E-state index contributed by atoms with van der Waals surface area (Å²) < 4.78 is 0. The van der Waals surface area contributed by atoms with Crippen molar-refractivity contribution >= 4 is 5.91 Å². The highest BCUT2D eigenvalue weighted by Crippen LogP contribution is 2.22. The first-order valence-corrected chi connectivity index (χ1v) is 7.90. The Morgan fingerprint density at radius 2 is 1.81 bits per heavy atom. The van der Waals surface area contributed by atoms with E-state index in [9.17, 15) is 4.79 Å². The summed E-state index contributed by atoms with van der Waals surface area (Å²) in [6.45, 7) is 10.3. The third kappa shape index (κ3) is 6.30. The standard InChI is InChI=1S/C18H30N2O/c1-6-14-7-9-15(10-8-14)17(13(2)3)20-16(21)11-12-18(4,5)19/h7-10,13,17H,6,11-12,19H2,1-5H3,(H,20,21). The second-order valence-corrected chi connectivity index (χ2v) is 6.87. The molecule has 0 saturated heterocycles. The van der Waals surface area contributed by atoms with E-state index in [4.69, 9.17) is 5.73 Å². The molecule has 0 bridgehead atoms. The molecular formula is C18H30N2O. The van der Waals surface area contributed by atoms with Crippen LogP contribution in [0.5, 0.6) is 0 Å². The molecule has 1 atom stereocenters. The Labute approximate surface area is 129 Å². The number of hydrogen-bond donors (Lipinski definition) is 2. The van der Waals surface area contributed by atoms with Crippen molar-refractivity contribution in [3.05, 3.63) is 35.4 Å². The van der Waals surface area contributed by atoms with Crippen LogP contribution >= 0.6 is 0 Å². The van der Waals surface area contributed by atoms with E-state index in [1.807, 2.05) is 13.8 Å². The van der Waals surface area contributed by atoms with Crippen molar-refractivity contribution in [3.63, 3.8) is 0 Å². The fourth-order valence-corrected chi connectivity index (χ4v) is 2.28. The van der Waals surface area contributed by atoms with E-state index in [0.717, 1.165) is 6.42 Å². The molecule has 0 radical (unpaired) electrons. The molecule has 1 unspecified atom stereocenters. The van der Waals surface area contributed by atoms with Gasteiger partial charge in [-0.2, -0.15) is 0 Å². The summed E-state index contributed by atoms with van der Waals surface area (Å²) in [6.07, 6.45) is 2.20. The van der Waals surface area contributed by atoms with Gasteiger partial charge >= 0.3 is 0 Å². The molecular weight excluding hydrogens is 260 g/mol. The average Bonchev–Trinajstić information content (AvgIpc) is 2.41. The minimum atomic E-state index is -0.298. The molecule has 0 aliphatic carbocycles. The average molecular weight is 290 g/mol. The first-order chi connectivity index (χ1) is 9.73. The number of carbonyl (C=O) groups excluding carboxylic acids is 1. The van der Waals surface area contributed by atoms with Gasteiger partial charge in [0.1, 0.15) is 0 Å². The number of benzene rings is 1. The molecule has 0 saturated carbocycles. The van der Waals surface area contributed by atoms with Crippen molar-refractivity contribution in [2.45, 2.75) is 65.5 Å². The number of aryl methyl sites for hydroxylation is 1. The van der Waals surface area contributed by atoms with Crippen molar-refractivity contribution in [3.8, 4) is 0 Å². The lowest BCUT2D eigenvalue weighted by Gasteiger charge is -2.24. The van der Waals surface area contributed by atoms with Gasteiger partial charge in [-0.3, -0.25) is 4.79 Å². The van der Waals surface area contributed by atoms with Crippen LogP contribution in [-0.2, 0) is 11.2 Å². The van der Waals surface area contributed by atoms with E-state index in [-0.39, 0.29) is 17.5 Å². The molecule has 3 nitrogen and oxygen atoms in total. The summed E-state index contributed by atoms with van der Waals surface area (Å²) in [4.78, 5) is 12.1. The summed E-state index contributed by atoms with van der Waals surface area (Å²) in [6, 6.07) is 8.58. The molecule has 1 aromatic rings. The smallest absolute Gasteiger partial charge is 0.220 e. The van der Waals surface area contributed by atoms with Gasteiger partial charge in [-0.05, 0) is 43.7 Å². The number of nitrogens with one attached hydrogen (secondary N) is 1. The molecule has 0 aromatic heterocycles. The fraction of sp³-hybridized carbons (Fsp3) is 0.611. The van der Waals surface area contributed by atoms with E-state index in [0.29, 0.717) is 18.8 Å². The summed E-state index contributed by atoms with van der Waals surface area (Å²) in [5.41, 5.74) is 8.13. The maximum atomic E-state index is 12.1. The predicted octanol–water partition coefficient (Wildman–Crippen LogP) is 3.58. The molecule has 0 spiro atoms. The Kier molecular flexibility index (Phi) is 6.41. The molecule has 3 heteroatoms. The van der Waals surface area contributed by atoms with Crippen LogP contribution in [0.3, 0.4) is 0 Å². The van der Waals surface area contributed by atoms with E-state index in [1.165, 1.54) is 11.1 Å². The third-order valence-electron chi connectivity index (χ3n) is 3.73. The number of amides is 1. The lowest BCUT2D eigenvalue weighted by atomic mass is 9.94. The van der Waals surface area contributed by atoms with E-state index in [1.54, 1.807) is 0 Å². The topological polar surface area (TPSA) is 55.1 Å². The first kappa shape index (κ1) is 17.7. The molecule has 0 fully saturated rings. The van der Waals surface area contributed by atoms with Crippen molar-refractivity contribution in [2.24, 2.45) is 11.7 Å². The second-order valence-electron chi connectivity index (χ2n) is 6.87. The van der Waals surface area contributed by atoms with Crippen LogP contribution in [0.25, 0.3) is 0 Å². The second kappa shape index (κ2) is 7.60. The van der Waals surface area contributed by atoms with Gasteiger partial charge in [-0.25, -0.2) is 0 Å². The van der Waals surface area contributed by atoms with Gasteiger partial charge in [0.25, 0.3) is 0 Å². The summed E-state index contributed by atoms with van der Waals surface area (Å²) in [5.74, 6) is 0.430. The highest BCUT2D eigenvalue weighted by atomic mass is 16.1. The normalized spacial score (nSPS) is 13.3. The highest BCUT2D eigenvalue weighted by Gasteiger charge is 2.20.